The second kappa shape index (κ2) is 8.75. The maximum atomic E-state index is 12.6. The van der Waals surface area contributed by atoms with E-state index in [0.29, 0.717) is 24.4 Å². The second-order valence-corrected chi connectivity index (χ2v) is 5.82. The zero-order valence-electron chi connectivity index (χ0n) is 14.2. The van der Waals surface area contributed by atoms with Crippen LogP contribution >= 0.6 is 0 Å². The average Bonchev–Trinajstić information content (AvgIpc) is 3.01. The Morgan fingerprint density at radius 2 is 1.65 bits per heavy atom. The molecule has 1 heterocycles. The average molecular weight is 321 g/mol. The van der Waals surface area contributed by atoms with Gasteiger partial charge in [0.25, 0.3) is 0 Å². The van der Waals surface area contributed by atoms with Crippen molar-refractivity contribution in [3.05, 3.63) is 22.9 Å². The molecule has 1 saturated heterocycles. The molecule has 0 saturated carbocycles. The number of carbonyl (C=O) groups excluding carboxylic acids is 2. The van der Waals surface area contributed by atoms with Crippen LogP contribution in [0.15, 0.2) is 22.9 Å². The SMILES string of the molecule is CCOC(=O)C1=C(\N2CCCC2)CCCC/C=C\1C(=O)OCC. The molecule has 0 spiro atoms. The first-order chi connectivity index (χ1) is 11.2. The van der Waals surface area contributed by atoms with Crippen molar-refractivity contribution in [2.45, 2.75) is 52.4 Å². The van der Waals surface area contributed by atoms with E-state index in [0.717, 1.165) is 57.3 Å². The predicted molar refractivity (Wildman–Crippen MR) is 87.7 cm³/mol. The van der Waals surface area contributed by atoms with Gasteiger partial charge in [0, 0.05) is 18.8 Å². The van der Waals surface area contributed by atoms with Gasteiger partial charge in [0.1, 0.15) is 0 Å². The van der Waals surface area contributed by atoms with Crippen LogP contribution in [0.2, 0.25) is 0 Å². The van der Waals surface area contributed by atoms with Gasteiger partial charge in [0.05, 0.1) is 24.4 Å². The molecule has 0 bridgehead atoms. The Kier molecular flexibility index (Phi) is 6.68. The Bertz CT molecular complexity index is 501. The highest BCUT2D eigenvalue weighted by atomic mass is 16.5. The minimum atomic E-state index is -0.422. The van der Waals surface area contributed by atoms with Crippen LogP contribution in [0.4, 0.5) is 0 Å². The van der Waals surface area contributed by atoms with Gasteiger partial charge in [-0.1, -0.05) is 6.08 Å². The number of esters is 2. The van der Waals surface area contributed by atoms with E-state index < -0.39 is 11.9 Å². The molecule has 2 rings (SSSR count). The van der Waals surface area contributed by atoms with Crippen molar-refractivity contribution in [3.8, 4) is 0 Å². The van der Waals surface area contributed by atoms with E-state index in [4.69, 9.17) is 9.47 Å². The number of hydrogen-bond donors (Lipinski definition) is 0. The van der Waals surface area contributed by atoms with Crippen LogP contribution in [0, 0.1) is 0 Å². The Morgan fingerprint density at radius 3 is 2.30 bits per heavy atom. The molecule has 0 radical (unpaired) electrons. The third-order valence-corrected chi connectivity index (χ3v) is 4.24. The fourth-order valence-electron chi connectivity index (χ4n) is 3.19. The van der Waals surface area contributed by atoms with E-state index in [-0.39, 0.29) is 0 Å². The van der Waals surface area contributed by atoms with Crippen molar-refractivity contribution in [2.24, 2.45) is 0 Å². The Hall–Kier alpha value is -1.78. The van der Waals surface area contributed by atoms with Crippen LogP contribution in [0.25, 0.3) is 0 Å². The van der Waals surface area contributed by atoms with Crippen molar-refractivity contribution in [1.29, 1.82) is 0 Å². The van der Waals surface area contributed by atoms with Gasteiger partial charge < -0.3 is 14.4 Å². The lowest BCUT2D eigenvalue weighted by Crippen LogP contribution is -2.27. The maximum absolute atomic E-state index is 12.6. The lowest BCUT2D eigenvalue weighted by Gasteiger charge is -2.26. The lowest BCUT2D eigenvalue weighted by atomic mass is 9.95. The fourth-order valence-corrected chi connectivity index (χ4v) is 3.19. The second-order valence-electron chi connectivity index (χ2n) is 5.82. The summed E-state index contributed by atoms with van der Waals surface area (Å²) < 4.78 is 10.4. The zero-order valence-corrected chi connectivity index (χ0v) is 14.2. The lowest BCUT2D eigenvalue weighted by molar-refractivity contribution is -0.142. The quantitative estimate of drug-likeness (QED) is 0.729. The first-order valence-electron chi connectivity index (χ1n) is 8.71. The summed E-state index contributed by atoms with van der Waals surface area (Å²) in [5.74, 6) is -0.829. The largest absolute Gasteiger partial charge is 0.462 e. The number of allylic oxidation sites excluding steroid dienone is 2. The normalized spacial score (nSPS) is 24.4. The molecular weight excluding hydrogens is 294 g/mol. The smallest absolute Gasteiger partial charge is 0.340 e. The number of carbonyl (C=O) groups is 2. The molecule has 0 N–H and O–H groups in total. The predicted octanol–water partition coefficient (Wildman–Crippen LogP) is 2.96. The van der Waals surface area contributed by atoms with Crippen LogP contribution in [0.1, 0.15) is 52.4 Å². The van der Waals surface area contributed by atoms with Crippen LogP contribution < -0.4 is 0 Å². The molecule has 0 atom stereocenters. The van der Waals surface area contributed by atoms with Crippen molar-refractivity contribution < 1.29 is 19.1 Å². The van der Waals surface area contributed by atoms with Gasteiger partial charge in [-0.05, 0) is 52.4 Å². The highest BCUT2D eigenvalue weighted by molar-refractivity contribution is 6.07. The summed E-state index contributed by atoms with van der Waals surface area (Å²) >= 11 is 0. The maximum Gasteiger partial charge on any atom is 0.340 e. The van der Waals surface area contributed by atoms with E-state index in [2.05, 4.69) is 4.90 Å². The van der Waals surface area contributed by atoms with E-state index >= 15 is 0 Å². The standard InChI is InChI=1S/C18H27NO4/c1-3-22-17(20)14-10-6-5-7-11-15(19-12-8-9-13-19)16(14)18(21)23-4-2/h10H,3-9,11-13H2,1-2H3/b14-10+,16-15-. The minimum Gasteiger partial charge on any atom is -0.462 e. The Morgan fingerprint density at radius 1 is 1.00 bits per heavy atom. The summed E-state index contributed by atoms with van der Waals surface area (Å²) in [7, 11) is 0. The van der Waals surface area contributed by atoms with Gasteiger partial charge in [0.2, 0.25) is 0 Å². The van der Waals surface area contributed by atoms with Crippen molar-refractivity contribution in [3.63, 3.8) is 0 Å². The summed E-state index contributed by atoms with van der Waals surface area (Å²) in [5.41, 5.74) is 1.76. The van der Waals surface area contributed by atoms with E-state index in [1.807, 2.05) is 6.08 Å². The van der Waals surface area contributed by atoms with Gasteiger partial charge in [0.15, 0.2) is 0 Å². The van der Waals surface area contributed by atoms with E-state index in [1.54, 1.807) is 13.8 Å². The fraction of sp³-hybridized carbons (Fsp3) is 0.667. The molecule has 5 nitrogen and oxygen atoms in total. The highest BCUT2D eigenvalue weighted by Crippen LogP contribution is 2.30. The first-order valence-corrected chi connectivity index (χ1v) is 8.71. The number of hydrogen-bond acceptors (Lipinski definition) is 5. The summed E-state index contributed by atoms with van der Waals surface area (Å²) in [6.45, 7) is 6.03. The molecule has 1 aliphatic heterocycles. The van der Waals surface area contributed by atoms with E-state index in [1.165, 1.54) is 0 Å². The molecular formula is C18H27NO4. The molecule has 5 heteroatoms. The minimum absolute atomic E-state index is 0.297. The van der Waals surface area contributed by atoms with Crippen LogP contribution in [0.3, 0.4) is 0 Å². The number of rotatable bonds is 5. The number of ether oxygens (including phenoxy) is 2. The van der Waals surface area contributed by atoms with Crippen LogP contribution in [-0.4, -0.2) is 43.1 Å². The van der Waals surface area contributed by atoms with Crippen molar-refractivity contribution in [2.75, 3.05) is 26.3 Å². The van der Waals surface area contributed by atoms with Crippen molar-refractivity contribution >= 4 is 11.9 Å². The van der Waals surface area contributed by atoms with Gasteiger partial charge in [-0.2, -0.15) is 0 Å². The highest BCUT2D eigenvalue weighted by Gasteiger charge is 2.30. The van der Waals surface area contributed by atoms with E-state index in [9.17, 15) is 9.59 Å². The number of likely N-dealkylation sites (tertiary alicyclic amines) is 1. The molecule has 23 heavy (non-hydrogen) atoms. The molecule has 1 fully saturated rings. The van der Waals surface area contributed by atoms with Crippen LogP contribution in [-0.2, 0) is 19.1 Å². The topological polar surface area (TPSA) is 55.8 Å². The van der Waals surface area contributed by atoms with Crippen molar-refractivity contribution in [1.82, 2.24) is 4.90 Å². The van der Waals surface area contributed by atoms with Gasteiger partial charge in [-0.15, -0.1) is 0 Å². The number of nitrogens with zero attached hydrogens (tertiary/aromatic N) is 1. The molecule has 0 unspecified atom stereocenters. The Labute approximate surface area is 138 Å². The molecule has 2 aliphatic rings. The first kappa shape index (κ1) is 17.6. The molecule has 0 amide bonds. The van der Waals surface area contributed by atoms with Crippen LogP contribution in [0.5, 0.6) is 0 Å². The zero-order chi connectivity index (χ0) is 16.7. The summed E-state index contributed by atoms with van der Waals surface area (Å²) in [5, 5.41) is 0. The summed E-state index contributed by atoms with van der Waals surface area (Å²) in [6.07, 6.45) is 7.71. The molecule has 0 aromatic carbocycles. The Balaban J connectivity index is 2.47. The molecule has 128 valence electrons. The monoisotopic (exact) mass is 321 g/mol. The molecule has 1 aliphatic carbocycles. The van der Waals surface area contributed by atoms with Gasteiger partial charge in [-0.25, -0.2) is 9.59 Å². The molecule has 0 aromatic heterocycles. The third-order valence-electron chi connectivity index (χ3n) is 4.24. The third kappa shape index (κ3) is 4.36. The summed E-state index contributed by atoms with van der Waals surface area (Å²) in [4.78, 5) is 27.2. The summed E-state index contributed by atoms with van der Waals surface area (Å²) in [6, 6.07) is 0. The van der Waals surface area contributed by atoms with Gasteiger partial charge in [-0.3, -0.25) is 0 Å². The van der Waals surface area contributed by atoms with Gasteiger partial charge >= 0.3 is 11.9 Å². The molecule has 0 aromatic rings.